The predicted molar refractivity (Wildman–Crippen MR) is 107 cm³/mol. The zero-order valence-corrected chi connectivity index (χ0v) is 15.1. The first kappa shape index (κ1) is 17.1. The van der Waals surface area contributed by atoms with Crippen molar-refractivity contribution in [2.75, 3.05) is 10.6 Å². The summed E-state index contributed by atoms with van der Waals surface area (Å²) in [4.78, 5) is 16.4. The van der Waals surface area contributed by atoms with Gasteiger partial charge >= 0.3 is 0 Å². The van der Waals surface area contributed by atoms with E-state index in [9.17, 15) is 4.79 Å². The minimum absolute atomic E-state index is 0.0219. The molecule has 2 heterocycles. The summed E-state index contributed by atoms with van der Waals surface area (Å²) in [6.45, 7) is 2.49. The Hall–Kier alpha value is -3.34. The Balaban J connectivity index is 1.56. The summed E-state index contributed by atoms with van der Waals surface area (Å²) in [7, 11) is 0. The van der Waals surface area contributed by atoms with E-state index >= 15 is 0 Å². The van der Waals surface area contributed by atoms with Crippen LogP contribution in [-0.2, 0) is 11.4 Å². The van der Waals surface area contributed by atoms with Crippen LogP contribution in [-0.4, -0.2) is 16.9 Å². The van der Waals surface area contributed by atoms with Crippen molar-refractivity contribution < 1.29 is 9.53 Å². The van der Waals surface area contributed by atoms with Crippen LogP contribution in [0.25, 0.3) is 11.1 Å². The van der Waals surface area contributed by atoms with Gasteiger partial charge in [0.1, 0.15) is 6.61 Å². The number of ether oxygens (including phenoxy) is 1. The van der Waals surface area contributed by atoms with Crippen molar-refractivity contribution >= 4 is 17.3 Å². The van der Waals surface area contributed by atoms with Crippen LogP contribution in [0.15, 0.2) is 66.9 Å². The number of amides is 1. The molecule has 136 valence electrons. The van der Waals surface area contributed by atoms with E-state index in [1.807, 2.05) is 67.6 Å². The second-order valence-corrected chi connectivity index (χ2v) is 6.69. The number of nitrogens with one attached hydrogen (secondary N) is 2. The third-order valence-corrected chi connectivity index (χ3v) is 4.50. The first-order chi connectivity index (χ1) is 13.2. The van der Waals surface area contributed by atoms with Crippen molar-refractivity contribution in [3.63, 3.8) is 0 Å². The van der Waals surface area contributed by atoms with Crippen molar-refractivity contribution in [1.82, 2.24) is 4.98 Å². The van der Waals surface area contributed by atoms with E-state index in [1.165, 1.54) is 0 Å². The molecule has 4 rings (SSSR count). The SMILES string of the molecule is CC1CC(=O)Nc2cccc(-c3ccc(OCc4ccccc4)nc3)c2N1. The number of hydrogen-bond acceptors (Lipinski definition) is 4. The topological polar surface area (TPSA) is 63.2 Å². The van der Waals surface area contributed by atoms with Gasteiger partial charge in [0.2, 0.25) is 11.8 Å². The lowest BCUT2D eigenvalue weighted by Crippen LogP contribution is -2.19. The quantitative estimate of drug-likeness (QED) is 0.721. The number of carbonyl (C=O) groups is 1. The Kier molecular flexibility index (Phi) is 4.75. The highest BCUT2D eigenvalue weighted by Gasteiger charge is 2.20. The van der Waals surface area contributed by atoms with Gasteiger partial charge in [-0.25, -0.2) is 4.98 Å². The van der Waals surface area contributed by atoms with Gasteiger partial charge in [-0.05, 0) is 24.6 Å². The van der Waals surface area contributed by atoms with Gasteiger partial charge in [0.25, 0.3) is 0 Å². The van der Waals surface area contributed by atoms with Crippen LogP contribution in [0.4, 0.5) is 11.4 Å². The second kappa shape index (κ2) is 7.50. The number of hydrogen-bond donors (Lipinski definition) is 2. The summed E-state index contributed by atoms with van der Waals surface area (Å²) in [5, 5.41) is 6.41. The van der Waals surface area contributed by atoms with Crippen LogP contribution in [0.2, 0.25) is 0 Å². The summed E-state index contributed by atoms with van der Waals surface area (Å²) in [6, 6.07) is 19.8. The first-order valence-corrected chi connectivity index (χ1v) is 9.01. The molecule has 1 aliphatic heterocycles. The summed E-state index contributed by atoms with van der Waals surface area (Å²) in [5.74, 6) is 0.605. The number of rotatable bonds is 4. The van der Waals surface area contributed by atoms with Crippen molar-refractivity contribution in [2.45, 2.75) is 26.0 Å². The number of para-hydroxylation sites is 1. The van der Waals surface area contributed by atoms with Crippen LogP contribution in [0.3, 0.4) is 0 Å². The molecule has 1 aliphatic rings. The standard InChI is InChI=1S/C22H21N3O2/c1-15-12-20(26)25-19-9-5-8-18(22(19)24-15)17-10-11-21(23-13-17)27-14-16-6-3-2-4-7-16/h2-11,13,15,24H,12,14H2,1H3,(H,25,26). The van der Waals surface area contributed by atoms with Crippen LogP contribution in [0.1, 0.15) is 18.9 Å². The fourth-order valence-electron chi connectivity index (χ4n) is 3.19. The average Bonchev–Trinajstić information content (AvgIpc) is 2.83. The first-order valence-electron chi connectivity index (χ1n) is 9.01. The Morgan fingerprint density at radius 1 is 1.07 bits per heavy atom. The van der Waals surface area contributed by atoms with Crippen LogP contribution >= 0.6 is 0 Å². The molecular weight excluding hydrogens is 338 g/mol. The smallest absolute Gasteiger partial charge is 0.226 e. The Morgan fingerprint density at radius 2 is 1.93 bits per heavy atom. The van der Waals surface area contributed by atoms with Gasteiger partial charge in [-0.2, -0.15) is 0 Å². The molecule has 27 heavy (non-hydrogen) atoms. The van der Waals surface area contributed by atoms with Gasteiger partial charge < -0.3 is 15.4 Å². The number of fused-ring (bicyclic) bond motifs is 1. The molecule has 0 radical (unpaired) electrons. The minimum atomic E-state index is 0.0219. The summed E-state index contributed by atoms with van der Waals surface area (Å²) >= 11 is 0. The maximum Gasteiger partial charge on any atom is 0.226 e. The van der Waals surface area contributed by atoms with E-state index in [0.29, 0.717) is 18.9 Å². The van der Waals surface area contributed by atoms with Gasteiger partial charge in [-0.1, -0.05) is 42.5 Å². The lowest BCUT2D eigenvalue weighted by Gasteiger charge is -2.16. The van der Waals surface area contributed by atoms with Crippen molar-refractivity contribution in [2.24, 2.45) is 0 Å². The zero-order chi connectivity index (χ0) is 18.6. The highest BCUT2D eigenvalue weighted by molar-refractivity contribution is 6.00. The van der Waals surface area contributed by atoms with Crippen LogP contribution < -0.4 is 15.4 Å². The molecule has 0 fully saturated rings. The average molecular weight is 359 g/mol. The van der Waals surface area contributed by atoms with Gasteiger partial charge in [0.05, 0.1) is 11.4 Å². The van der Waals surface area contributed by atoms with E-state index in [2.05, 4.69) is 15.6 Å². The monoisotopic (exact) mass is 359 g/mol. The molecule has 3 aromatic rings. The van der Waals surface area contributed by atoms with Crippen LogP contribution in [0.5, 0.6) is 5.88 Å². The molecule has 2 N–H and O–H groups in total. The van der Waals surface area contributed by atoms with Gasteiger partial charge in [0, 0.05) is 35.9 Å². The highest BCUT2D eigenvalue weighted by Crippen LogP contribution is 2.36. The lowest BCUT2D eigenvalue weighted by atomic mass is 10.0. The Morgan fingerprint density at radius 3 is 2.70 bits per heavy atom. The molecule has 0 saturated heterocycles. The summed E-state index contributed by atoms with van der Waals surface area (Å²) < 4.78 is 5.76. The number of benzene rings is 2. The maximum atomic E-state index is 12.0. The van der Waals surface area contributed by atoms with Crippen molar-refractivity contribution in [1.29, 1.82) is 0 Å². The number of carbonyl (C=O) groups excluding carboxylic acids is 1. The normalized spacial score (nSPS) is 15.9. The number of nitrogens with zero attached hydrogens (tertiary/aromatic N) is 1. The predicted octanol–water partition coefficient (Wildman–Crippen LogP) is 4.47. The van der Waals surface area contributed by atoms with Crippen LogP contribution in [0, 0.1) is 0 Å². The minimum Gasteiger partial charge on any atom is -0.473 e. The molecule has 0 spiro atoms. The molecule has 0 aliphatic carbocycles. The molecule has 2 aromatic carbocycles. The summed E-state index contributed by atoms with van der Waals surface area (Å²) in [6.07, 6.45) is 2.24. The van der Waals surface area contributed by atoms with E-state index in [1.54, 1.807) is 6.20 Å². The fraction of sp³-hybridized carbons (Fsp3) is 0.182. The number of pyridine rings is 1. The molecule has 1 amide bonds. The van der Waals surface area contributed by atoms with Crippen molar-refractivity contribution in [3.8, 4) is 17.0 Å². The van der Waals surface area contributed by atoms with Gasteiger partial charge in [0.15, 0.2) is 0 Å². The molecule has 0 saturated carbocycles. The van der Waals surface area contributed by atoms with Crippen molar-refractivity contribution in [3.05, 3.63) is 72.4 Å². The second-order valence-electron chi connectivity index (χ2n) is 6.69. The molecule has 1 unspecified atom stereocenters. The Bertz CT molecular complexity index is 940. The third kappa shape index (κ3) is 3.92. The highest BCUT2D eigenvalue weighted by atomic mass is 16.5. The molecule has 0 bridgehead atoms. The molecule has 5 heteroatoms. The number of aromatic nitrogens is 1. The largest absolute Gasteiger partial charge is 0.473 e. The molecule has 1 atom stereocenters. The Labute approximate surface area is 158 Å². The van der Waals surface area contributed by atoms with Gasteiger partial charge in [-0.3, -0.25) is 4.79 Å². The third-order valence-electron chi connectivity index (χ3n) is 4.50. The molecular formula is C22H21N3O2. The van der Waals surface area contributed by atoms with Gasteiger partial charge in [-0.15, -0.1) is 0 Å². The molecule has 1 aromatic heterocycles. The molecule has 5 nitrogen and oxygen atoms in total. The lowest BCUT2D eigenvalue weighted by molar-refractivity contribution is -0.116. The zero-order valence-electron chi connectivity index (χ0n) is 15.1. The number of anilines is 2. The van der Waals surface area contributed by atoms with E-state index in [-0.39, 0.29) is 11.9 Å². The summed E-state index contributed by atoms with van der Waals surface area (Å²) in [5.41, 5.74) is 4.80. The van der Waals surface area contributed by atoms with E-state index in [0.717, 1.165) is 28.1 Å². The van der Waals surface area contributed by atoms with E-state index in [4.69, 9.17) is 4.74 Å². The fourth-order valence-corrected chi connectivity index (χ4v) is 3.19. The maximum absolute atomic E-state index is 12.0. The van der Waals surface area contributed by atoms with E-state index < -0.39 is 0 Å².